The van der Waals surface area contributed by atoms with E-state index in [0.717, 1.165) is 29.9 Å². The molecule has 1 N–H and O–H groups in total. The summed E-state index contributed by atoms with van der Waals surface area (Å²) >= 11 is 0. The van der Waals surface area contributed by atoms with Crippen LogP contribution >= 0.6 is 0 Å². The van der Waals surface area contributed by atoms with Crippen molar-refractivity contribution in [2.24, 2.45) is 23.2 Å². The summed E-state index contributed by atoms with van der Waals surface area (Å²) in [5.41, 5.74) is 0.506. The highest BCUT2D eigenvalue weighted by molar-refractivity contribution is 7.91. The molecule has 0 aliphatic heterocycles. The van der Waals surface area contributed by atoms with Crippen molar-refractivity contribution in [1.29, 1.82) is 0 Å². The maximum absolute atomic E-state index is 12.6. The summed E-state index contributed by atoms with van der Waals surface area (Å²) in [5, 5.41) is 3.00. The summed E-state index contributed by atoms with van der Waals surface area (Å²) in [5.74, 6) is -1.33. The van der Waals surface area contributed by atoms with Crippen LogP contribution in [0.5, 0.6) is 0 Å². The first-order valence-corrected chi connectivity index (χ1v) is 10.7. The number of sulfone groups is 1. The topological polar surface area (TPSA) is 63.2 Å². The third-order valence-corrected chi connectivity index (χ3v) is 7.87. The Bertz CT molecular complexity index is 769. The van der Waals surface area contributed by atoms with Crippen LogP contribution in [0, 0.1) is 23.2 Å². The molecule has 1 aromatic carbocycles. The number of alkyl halides is 2. The normalized spacial score (nSPS) is 32.8. The van der Waals surface area contributed by atoms with Gasteiger partial charge in [0.25, 0.3) is 5.91 Å². The van der Waals surface area contributed by atoms with E-state index in [1.54, 1.807) is 0 Å². The molecule has 0 saturated heterocycles. The molecule has 5 rings (SSSR count). The molecule has 0 radical (unpaired) electrons. The largest absolute Gasteiger partial charge is 0.351 e. The molecule has 1 aromatic rings. The number of carbonyl (C=O) groups is 1. The Morgan fingerprint density at radius 1 is 1.04 bits per heavy atom. The predicted molar refractivity (Wildman–Crippen MR) is 92.6 cm³/mol. The number of benzene rings is 1. The highest BCUT2D eigenvalue weighted by atomic mass is 32.2. The van der Waals surface area contributed by atoms with Gasteiger partial charge in [-0.2, -0.15) is 8.78 Å². The lowest BCUT2D eigenvalue weighted by atomic mass is 9.49. The number of rotatable bonds is 5. The molecule has 0 atom stereocenters. The fourth-order valence-electron chi connectivity index (χ4n) is 5.78. The van der Waals surface area contributed by atoms with Crippen LogP contribution in [0.25, 0.3) is 0 Å². The van der Waals surface area contributed by atoms with Crippen LogP contribution in [0.15, 0.2) is 29.2 Å². The van der Waals surface area contributed by atoms with Gasteiger partial charge in [-0.3, -0.25) is 4.79 Å². The third kappa shape index (κ3) is 3.15. The van der Waals surface area contributed by atoms with Gasteiger partial charge in [0.15, 0.2) is 0 Å². The fraction of sp³-hybridized carbons (Fsp3) is 0.632. The van der Waals surface area contributed by atoms with Gasteiger partial charge in [0.1, 0.15) is 0 Å². The Hall–Kier alpha value is -1.50. The van der Waals surface area contributed by atoms with E-state index < -0.39 is 20.5 Å². The average Bonchev–Trinajstić information content (AvgIpc) is 2.58. The standard InChI is InChI=1S/C19H23F2NO3S/c20-18(21)26(24,25)16-3-1-15(2-4-16)17(23)22-11-19-8-12-5-13(9-19)7-14(6-12)10-19/h1-4,12-14,18H,5-11H2,(H,22,23). The van der Waals surface area contributed by atoms with E-state index in [9.17, 15) is 22.0 Å². The van der Waals surface area contributed by atoms with Crippen molar-refractivity contribution in [2.75, 3.05) is 6.54 Å². The van der Waals surface area contributed by atoms with E-state index in [2.05, 4.69) is 5.32 Å². The maximum atomic E-state index is 12.6. The van der Waals surface area contributed by atoms with E-state index >= 15 is 0 Å². The van der Waals surface area contributed by atoms with Gasteiger partial charge in [0.2, 0.25) is 9.84 Å². The molecule has 4 nitrogen and oxygen atoms in total. The van der Waals surface area contributed by atoms with Gasteiger partial charge in [-0.05, 0) is 86.0 Å². The lowest BCUT2D eigenvalue weighted by Crippen LogP contribution is -2.51. The Morgan fingerprint density at radius 2 is 1.54 bits per heavy atom. The smallest absolute Gasteiger partial charge is 0.341 e. The molecule has 4 bridgehead atoms. The first-order valence-electron chi connectivity index (χ1n) is 9.18. The van der Waals surface area contributed by atoms with E-state index in [1.165, 1.54) is 50.7 Å². The van der Waals surface area contributed by atoms with Gasteiger partial charge in [0.05, 0.1) is 4.90 Å². The number of nitrogens with one attached hydrogen (secondary N) is 1. The molecule has 4 saturated carbocycles. The zero-order valence-electron chi connectivity index (χ0n) is 14.5. The second-order valence-electron chi connectivity index (χ2n) is 8.43. The number of halogens is 2. The Kier molecular flexibility index (Phi) is 4.33. The minimum Gasteiger partial charge on any atom is -0.351 e. The van der Waals surface area contributed by atoms with Crippen LogP contribution in [0.3, 0.4) is 0 Å². The molecule has 4 fully saturated rings. The highest BCUT2D eigenvalue weighted by Crippen LogP contribution is 2.59. The van der Waals surface area contributed by atoms with Crippen LogP contribution in [0.1, 0.15) is 48.9 Å². The molecule has 4 aliphatic rings. The predicted octanol–water partition coefficient (Wildman–Crippen LogP) is 3.63. The first-order chi connectivity index (χ1) is 12.3. The van der Waals surface area contributed by atoms with Gasteiger partial charge in [-0.25, -0.2) is 8.42 Å². The second kappa shape index (κ2) is 6.29. The summed E-state index contributed by atoms with van der Waals surface area (Å²) in [4.78, 5) is 12.0. The maximum Gasteiger partial charge on any atom is 0.341 e. The number of amides is 1. The van der Waals surface area contributed by atoms with Crippen LogP contribution in [-0.4, -0.2) is 26.6 Å². The number of carbonyl (C=O) groups excluding carboxylic acids is 1. The van der Waals surface area contributed by atoms with Crippen LogP contribution in [-0.2, 0) is 9.84 Å². The molecule has 1 amide bonds. The molecule has 0 aromatic heterocycles. The fourth-order valence-corrected chi connectivity index (χ4v) is 6.50. The number of hydrogen-bond acceptors (Lipinski definition) is 3. The summed E-state index contributed by atoms with van der Waals surface area (Å²) in [6, 6.07) is 4.73. The molecule has 26 heavy (non-hydrogen) atoms. The minimum atomic E-state index is -4.63. The Labute approximate surface area is 152 Å². The van der Waals surface area contributed by atoms with Gasteiger partial charge in [0, 0.05) is 12.1 Å². The lowest BCUT2D eigenvalue weighted by Gasteiger charge is -2.56. The average molecular weight is 383 g/mol. The Balaban J connectivity index is 1.41. The van der Waals surface area contributed by atoms with E-state index in [1.807, 2.05) is 0 Å². The van der Waals surface area contributed by atoms with Crippen molar-refractivity contribution >= 4 is 15.7 Å². The highest BCUT2D eigenvalue weighted by Gasteiger charge is 2.50. The number of hydrogen-bond donors (Lipinski definition) is 1. The molecule has 142 valence electrons. The quantitative estimate of drug-likeness (QED) is 0.845. The molecule has 0 spiro atoms. The van der Waals surface area contributed by atoms with Crippen molar-refractivity contribution in [3.8, 4) is 0 Å². The monoisotopic (exact) mass is 383 g/mol. The van der Waals surface area contributed by atoms with Crippen molar-refractivity contribution in [2.45, 2.75) is 49.2 Å². The van der Waals surface area contributed by atoms with Crippen molar-refractivity contribution in [1.82, 2.24) is 5.32 Å². The summed E-state index contributed by atoms with van der Waals surface area (Å²) < 4.78 is 48.0. The van der Waals surface area contributed by atoms with Gasteiger partial charge in [-0.15, -0.1) is 0 Å². The van der Waals surface area contributed by atoms with Crippen molar-refractivity contribution < 1.29 is 22.0 Å². The minimum absolute atomic E-state index is 0.212. The summed E-state index contributed by atoms with van der Waals surface area (Å²) in [6.45, 7) is 0.645. The molecule has 0 heterocycles. The second-order valence-corrected chi connectivity index (χ2v) is 10.3. The van der Waals surface area contributed by atoms with E-state index in [0.29, 0.717) is 12.1 Å². The van der Waals surface area contributed by atoms with Crippen molar-refractivity contribution in [3.63, 3.8) is 0 Å². The third-order valence-electron chi connectivity index (χ3n) is 6.47. The molecule has 0 unspecified atom stereocenters. The molecular weight excluding hydrogens is 360 g/mol. The van der Waals surface area contributed by atoms with Crippen LogP contribution in [0.4, 0.5) is 8.78 Å². The Morgan fingerprint density at radius 3 is 2.00 bits per heavy atom. The zero-order chi connectivity index (χ0) is 18.5. The van der Waals surface area contributed by atoms with Gasteiger partial charge < -0.3 is 5.32 Å². The lowest BCUT2D eigenvalue weighted by molar-refractivity contribution is -0.0503. The van der Waals surface area contributed by atoms with E-state index in [4.69, 9.17) is 0 Å². The first kappa shape index (κ1) is 17.9. The van der Waals surface area contributed by atoms with Gasteiger partial charge >= 0.3 is 5.76 Å². The van der Waals surface area contributed by atoms with E-state index in [-0.39, 0.29) is 11.3 Å². The molecule has 7 heteroatoms. The molecular formula is C19H23F2NO3S. The van der Waals surface area contributed by atoms with Crippen LogP contribution < -0.4 is 5.32 Å². The van der Waals surface area contributed by atoms with Gasteiger partial charge in [-0.1, -0.05) is 0 Å². The summed E-state index contributed by atoms with van der Waals surface area (Å²) in [6.07, 6.45) is 7.58. The van der Waals surface area contributed by atoms with Crippen LogP contribution in [0.2, 0.25) is 0 Å². The molecule has 4 aliphatic carbocycles. The van der Waals surface area contributed by atoms with Crippen molar-refractivity contribution in [3.05, 3.63) is 29.8 Å². The SMILES string of the molecule is O=C(NCC12CC3CC(CC(C3)C1)C2)c1ccc(S(=O)(=O)C(F)F)cc1. The zero-order valence-corrected chi connectivity index (χ0v) is 15.3. The summed E-state index contributed by atoms with van der Waals surface area (Å²) in [7, 11) is -4.63.